The van der Waals surface area contributed by atoms with Crippen LogP contribution in [0.25, 0.3) is 0 Å². The first-order chi connectivity index (χ1) is 12.9. The summed E-state index contributed by atoms with van der Waals surface area (Å²) in [4.78, 5) is 46.1. The van der Waals surface area contributed by atoms with Gasteiger partial charge in [0.05, 0.1) is 34.9 Å². The average Bonchev–Trinajstić information content (AvgIpc) is 2.65. The van der Waals surface area contributed by atoms with Gasteiger partial charge in [0.2, 0.25) is 0 Å². The Morgan fingerprint density at radius 1 is 1.30 bits per heavy atom. The summed E-state index contributed by atoms with van der Waals surface area (Å²) in [5.41, 5.74) is 0.134. The van der Waals surface area contributed by atoms with Gasteiger partial charge in [0.25, 0.3) is 5.69 Å². The number of nitrogens with zero attached hydrogens (tertiary/aromatic N) is 1. The van der Waals surface area contributed by atoms with Crippen molar-refractivity contribution in [2.45, 2.75) is 6.92 Å². The van der Waals surface area contributed by atoms with Gasteiger partial charge < -0.3 is 25.4 Å². The Hall–Kier alpha value is -3.63. The van der Waals surface area contributed by atoms with E-state index in [9.17, 15) is 24.5 Å². The third-order valence-corrected chi connectivity index (χ3v) is 3.62. The van der Waals surface area contributed by atoms with Crippen LogP contribution in [-0.2, 0) is 14.3 Å². The van der Waals surface area contributed by atoms with Crippen molar-refractivity contribution in [2.75, 3.05) is 32.1 Å². The first kappa shape index (κ1) is 19.7. The number of nitro benzene ring substituents is 1. The molecule has 144 valence electrons. The molecule has 0 unspecified atom stereocenters. The van der Waals surface area contributed by atoms with E-state index in [4.69, 9.17) is 9.47 Å². The van der Waals surface area contributed by atoms with Gasteiger partial charge in [0.15, 0.2) is 0 Å². The van der Waals surface area contributed by atoms with Crippen molar-refractivity contribution in [3.8, 4) is 0 Å². The summed E-state index contributed by atoms with van der Waals surface area (Å²) < 4.78 is 9.99. The number of benzene rings is 1. The number of ether oxygens (including phenoxy) is 2. The lowest BCUT2D eigenvalue weighted by atomic mass is 10.1. The maximum atomic E-state index is 12.2. The van der Waals surface area contributed by atoms with Crippen molar-refractivity contribution >= 4 is 29.3 Å². The maximum Gasteiger partial charge on any atom is 0.338 e. The molecule has 0 atom stereocenters. The van der Waals surface area contributed by atoms with Gasteiger partial charge in [-0.2, -0.15) is 0 Å². The Kier molecular flexibility index (Phi) is 6.31. The van der Waals surface area contributed by atoms with Crippen LogP contribution in [0.4, 0.5) is 16.2 Å². The number of hydrogen-bond acceptors (Lipinski definition) is 8. The summed E-state index contributed by atoms with van der Waals surface area (Å²) in [6, 6.07) is 3.27. The molecule has 2 amide bonds. The molecule has 2 rings (SSSR count). The van der Waals surface area contributed by atoms with E-state index in [1.807, 2.05) is 0 Å². The highest BCUT2D eigenvalue weighted by atomic mass is 16.6. The summed E-state index contributed by atoms with van der Waals surface area (Å²) in [6.45, 7) is 1.31. The summed E-state index contributed by atoms with van der Waals surface area (Å²) >= 11 is 0. The summed E-state index contributed by atoms with van der Waals surface area (Å²) in [5, 5.41) is 18.5. The zero-order valence-corrected chi connectivity index (χ0v) is 14.7. The second-order valence-electron chi connectivity index (χ2n) is 5.30. The predicted molar refractivity (Wildman–Crippen MR) is 93.1 cm³/mol. The van der Waals surface area contributed by atoms with E-state index in [0.717, 1.165) is 6.07 Å². The highest BCUT2D eigenvalue weighted by Crippen LogP contribution is 2.25. The number of nitrogens with one attached hydrogen (secondary N) is 3. The average molecular weight is 378 g/mol. The Morgan fingerprint density at radius 2 is 2.04 bits per heavy atom. The van der Waals surface area contributed by atoms with Gasteiger partial charge in [-0.1, -0.05) is 0 Å². The van der Waals surface area contributed by atoms with Gasteiger partial charge in [-0.15, -0.1) is 0 Å². The van der Waals surface area contributed by atoms with E-state index in [2.05, 4.69) is 16.0 Å². The number of rotatable bonds is 7. The van der Waals surface area contributed by atoms with Crippen molar-refractivity contribution in [3.63, 3.8) is 0 Å². The van der Waals surface area contributed by atoms with E-state index in [1.54, 1.807) is 6.92 Å². The lowest BCUT2D eigenvalue weighted by Gasteiger charge is -2.21. The molecule has 0 saturated heterocycles. The van der Waals surface area contributed by atoms with Crippen molar-refractivity contribution in [1.29, 1.82) is 0 Å². The van der Waals surface area contributed by atoms with Crippen LogP contribution in [0.1, 0.15) is 17.3 Å². The topological polar surface area (TPSA) is 149 Å². The van der Waals surface area contributed by atoms with Gasteiger partial charge in [-0.05, 0) is 19.1 Å². The van der Waals surface area contributed by atoms with E-state index in [0.29, 0.717) is 0 Å². The molecule has 27 heavy (non-hydrogen) atoms. The third-order valence-electron chi connectivity index (χ3n) is 3.62. The predicted octanol–water partition coefficient (Wildman–Crippen LogP) is 0.923. The Balaban J connectivity index is 2.17. The lowest BCUT2D eigenvalue weighted by Crippen LogP contribution is -2.45. The molecule has 11 nitrogen and oxygen atoms in total. The summed E-state index contributed by atoms with van der Waals surface area (Å²) in [6.07, 6.45) is 0. The molecule has 0 spiro atoms. The second-order valence-corrected chi connectivity index (χ2v) is 5.30. The van der Waals surface area contributed by atoms with Gasteiger partial charge >= 0.3 is 18.0 Å². The molecule has 0 radical (unpaired) electrons. The quantitative estimate of drug-likeness (QED) is 0.360. The first-order valence-electron chi connectivity index (χ1n) is 7.94. The van der Waals surface area contributed by atoms with Crippen LogP contribution < -0.4 is 16.0 Å². The number of esters is 2. The highest BCUT2D eigenvalue weighted by molar-refractivity contribution is 5.94. The van der Waals surface area contributed by atoms with Crippen LogP contribution in [0.5, 0.6) is 0 Å². The molecule has 3 N–H and O–H groups in total. The highest BCUT2D eigenvalue weighted by Gasteiger charge is 2.25. The number of carbonyl (C=O) groups is 3. The zero-order valence-electron chi connectivity index (χ0n) is 14.7. The van der Waals surface area contributed by atoms with Crippen LogP contribution in [0.3, 0.4) is 0 Å². The van der Waals surface area contributed by atoms with E-state index in [1.165, 1.54) is 19.2 Å². The molecule has 11 heteroatoms. The molecule has 1 aromatic carbocycles. The number of amides is 2. The zero-order chi connectivity index (χ0) is 20.0. The first-order valence-corrected chi connectivity index (χ1v) is 7.94. The second kappa shape index (κ2) is 8.65. The molecular formula is C16H18N4O7. The molecule has 1 aliphatic rings. The largest absolute Gasteiger partial charge is 0.463 e. The van der Waals surface area contributed by atoms with Crippen molar-refractivity contribution in [2.24, 2.45) is 0 Å². The Morgan fingerprint density at radius 3 is 2.67 bits per heavy atom. The number of nitro groups is 1. The number of carbonyl (C=O) groups excluding carboxylic acids is 3. The molecule has 0 aliphatic carbocycles. The third kappa shape index (κ3) is 4.71. The van der Waals surface area contributed by atoms with Crippen LogP contribution in [0.15, 0.2) is 29.5 Å². The number of hydrogen-bond donors (Lipinski definition) is 3. The molecule has 0 saturated carbocycles. The van der Waals surface area contributed by atoms with Crippen molar-refractivity contribution < 1.29 is 28.8 Å². The number of urea groups is 1. The maximum absolute atomic E-state index is 12.2. The fraction of sp³-hybridized carbons (Fsp3) is 0.312. The molecule has 0 fully saturated rings. The van der Waals surface area contributed by atoms with E-state index >= 15 is 0 Å². The minimum Gasteiger partial charge on any atom is -0.463 e. The fourth-order valence-corrected chi connectivity index (χ4v) is 2.31. The van der Waals surface area contributed by atoms with Crippen LogP contribution in [0, 0.1) is 10.1 Å². The van der Waals surface area contributed by atoms with Crippen LogP contribution >= 0.6 is 0 Å². The van der Waals surface area contributed by atoms with Crippen LogP contribution in [-0.4, -0.2) is 49.7 Å². The van der Waals surface area contributed by atoms with Crippen molar-refractivity contribution in [1.82, 2.24) is 10.6 Å². The standard InChI is InChI=1S/C16H18N4O7/c1-3-26-15(22)10-7-18-16(23)19-12(10)8-27-14(21)9-4-5-11(17-2)13(6-9)20(24)25/h4-6,17H,3,7-8H2,1-2H3,(H2,18,19,23). The smallest absolute Gasteiger partial charge is 0.338 e. The van der Waals surface area contributed by atoms with Gasteiger partial charge in [0.1, 0.15) is 12.3 Å². The van der Waals surface area contributed by atoms with Gasteiger partial charge in [-0.3, -0.25) is 10.1 Å². The lowest BCUT2D eigenvalue weighted by molar-refractivity contribution is -0.384. The molecular weight excluding hydrogens is 360 g/mol. The molecule has 0 bridgehead atoms. The Labute approximate surface area is 153 Å². The minimum absolute atomic E-state index is 0.0424. The SMILES string of the molecule is CCOC(=O)C1=C(COC(=O)c2ccc(NC)c([N+](=O)[O-])c2)NC(=O)NC1. The molecule has 1 heterocycles. The summed E-state index contributed by atoms with van der Waals surface area (Å²) in [7, 11) is 1.52. The Bertz CT molecular complexity index is 819. The van der Waals surface area contributed by atoms with Gasteiger partial charge in [0, 0.05) is 13.1 Å². The van der Waals surface area contributed by atoms with E-state index < -0.39 is 29.5 Å². The molecule has 1 aliphatic heterocycles. The molecule has 1 aromatic rings. The normalized spacial score (nSPS) is 13.3. The van der Waals surface area contributed by atoms with Crippen molar-refractivity contribution in [3.05, 3.63) is 45.1 Å². The van der Waals surface area contributed by atoms with E-state index in [-0.39, 0.29) is 41.4 Å². The van der Waals surface area contributed by atoms with Gasteiger partial charge in [-0.25, -0.2) is 14.4 Å². The number of anilines is 1. The van der Waals surface area contributed by atoms with Crippen LogP contribution in [0.2, 0.25) is 0 Å². The monoisotopic (exact) mass is 378 g/mol. The summed E-state index contributed by atoms with van der Waals surface area (Å²) in [5.74, 6) is -1.49. The minimum atomic E-state index is -0.843. The fourth-order valence-electron chi connectivity index (χ4n) is 2.31. The molecule has 0 aromatic heterocycles.